The van der Waals surface area contributed by atoms with Crippen molar-refractivity contribution < 1.29 is 4.74 Å². The zero-order valence-electron chi connectivity index (χ0n) is 9.77. The highest BCUT2D eigenvalue weighted by Crippen LogP contribution is 2.24. The van der Waals surface area contributed by atoms with Gasteiger partial charge in [0.15, 0.2) is 0 Å². The predicted octanol–water partition coefficient (Wildman–Crippen LogP) is 3.20. The normalized spacial score (nSPS) is 15.5. The van der Waals surface area contributed by atoms with Gasteiger partial charge in [-0.3, -0.25) is 0 Å². The van der Waals surface area contributed by atoms with Gasteiger partial charge in [0.2, 0.25) is 0 Å². The Labute approximate surface area is 96.4 Å². The molecule has 2 nitrogen and oxygen atoms in total. The monoisotopic (exact) mass is 227 g/mol. The van der Waals surface area contributed by atoms with Crippen LogP contribution in [-0.4, -0.2) is 12.6 Å². The molecule has 0 saturated heterocycles. The Morgan fingerprint density at radius 1 is 1.47 bits per heavy atom. The highest BCUT2D eigenvalue weighted by atomic mass is 32.1. The molecule has 0 aromatic carbocycles. The first-order chi connectivity index (χ1) is 7.15. The molecule has 0 fully saturated rings. The van der Waals surface area contributed by atoms with Crippen LogP contribution in [0.2, 0.25) is 0 Å². The van der Waals surface area contributed by atoms with Crippen LogP contribution in [0.3, 0.4) is 0 Å². The van der Waals surface area contributed by atoms with Crippen LogP contribution in [0.4, 0.5) is 0 Å². The molecule has 1 aromatic rings. The fourth-order valence-electron chi connectivity index (χ4n) is 1.41. The number of nitrogens with two attached hydrogens (primary N) is 1. The van der Waals surface area contributed by atoms with E-state index in [1.807, 2.05) is 0 Å². The molecule has 2 N–H and O–H groups in total. The maximum Gasteiger partial charge on any atom is 0.0983 e. The van der Waals surface area contributed by atoms with Crippen LogP contribution in [0.5, 0.6) is 0 Å². The number of ether oxygens (including phenoxy) is 1. The van der Waals surface area contributed by atoms with Gasteiger partial charge in [-0.2, -0.15) is 11.3 Å². The number of rotatable bonds is 6. The van der Waals surface area contributed by atoms with Crippen LogP contribution < -0.4 is 5.73 Å². The summed E-state index contributed by atoms with van der Waals surface area (Å²) in [6.45, 7) is 7.18. The first-order valence-electron chi connectivity index (χ1n) is 5.54. The molecule has 86 valence electrons. The summed E-state index contributed by atoms with van der Waals surface area (Å²) < 4.78 is 5.88. The fourth-order valence-corrected chi connectivity index (χ4v) is 2.10. The molecule has 3 heteroatoms. The van der Waals surface area contributed by atoms with Crippen molar-refractivity contribution in [3.05, 3.63) is 22.4 Å². The third kappa shape index (κ3) is 3.93. The lowest BCUT2D eigenvalue weighted by molar-refractivity contribution is 0.0180. The summed E-state index contributed by atoms with van der Waals surface area (Å²) in [5, 5.41) is 4.20. The maximum atomic E-state index is 6.07. The van der Waals surface area contributed by atoms with E-state index in [9.17, 15) is 0 Å². The van der Waals surface area contributed by atoms with Crippen molar-refractivity contribution in [3.63, 3.8) is 0 Å². The van der Waals surface area contributed by atoms with E-state index in [0.29, 0.717) is 5.92 Å². The second kappa shape index (κ2) is 6.26. The summed E-state index contributed by atoms with van der Waals surface area (Å²) in [5.74, 6) is 0.551. The van der Waals surface area contributed by atoms with E-state index < -0.39 is 0 Å². The van der Waals surface area contributed by atoms with Crippen LogP contribution in [0.1, 0.15) is 38.9 Å². The van der Waals surface area contributed by atoms with E-state index >= 15 is 0 Å². The van der Waals surface area contributed by atoms with Crippen LogP contribution in [0.25, 0.3) is 0 Å². The van der Waals surface area contributed by atoms with Crippen molar-refractivity contribution in [2.75, 3.05) is 6.61 Å². The molecule has 0 aliphatic heterocycles. The average Bonchev–Trinajstić information content (AvgIpc) is 2.70. The molecule has 0 amide bonds. The molecule has 1 aromatic heterocycles. The van der Waals surface area contributed by atoms with Crippen LogP contribution in [0.15, 0.2) is 16.8 Å². The second-order valence-corrected chi connectivity index (χ2v) is 5.06. The Bertz CT molecular complexity index is 259. The zero-order valence-corrected chi connectivity index (χ0v) is 10.6. The van der Waals surface area contributed by atoms with Gasteiger partial charge in [0, 0.05) is 12.6 Å². The van der Waals surface area contributed by atoms with Crippen molar-refractivity contribution in [1.82, 2.24) is 0 Å². The minimum atomic E-state index is 0.0589. The third-order valence-corrected chi connectivity index (χ3v) is 3.04. The van der Waals surface area contributed by atoms with Gasteiger partial charge in [-0.1, -0.05) is 20.8 Å². The molecule has 0 saturated carbocycles. The number of hydrogen-bond acceptors (Lipinski definition) is 3. The molecule has 0 aliphatic carbocycles. The molecular weight excluding hydrogens is 206 g/mol. The van der Waals surface area contributed by atoms with E-state index in [-0.39, 0.29) is 12.1 Å². The van der Waals surface area contributed by atoms with Crippen LogP contribution >= 0.6 is 11.3 Å². The molecule has 2 atom stereocenters. The second-order valence-electron chi connectivity index (χ2n) is 4.28. The van der Waals surface area contributed by atoms with Crippen LogP contribution in [0, 0.1) is 5.92 Å². The topological polar surface area (TPSA) is 35.2 Å². The van der Waals surface area contributed by atoms with Gasteiger partial charge >= 0.3 is 0 Å². The Hall–Kier alpha value is -0.380. The molecule has 0 aliphatic rings. The van der Waals surface area contributed by atoms with E-state index in [2.05, 4.69) is 37.6 Å². The van der Waals surface area contributed by atoms with E-state index in [1.165, 1.54) is 5.56 Å². The van der Waals surface area contributed by atoms with E-state index in [1.54, 1.807) is 11.3 Å². The Morgan fingerprint density at radius 3 is 2.67 bits per heavy atom. The van der Waals surface area contributed by atoms with Gasteiger partial charge in [0.1, 0.15) is 0 Å². The van der Waals surface area contributed by atoms with Gasteiger partial charge in [-0.25, -0.2) is 0 Å². The first kappa shape index (κ1) is 12.7. The van der Waals surface area contributed by atoms with Crippen molar-refractivity contribution in [2.24, 2.45) is 11.7 Å². The smallest absolute Gasteiger partial charge is 0.0983 e. The molecular formula is C12H21NOS. The van der Waals surface area contributed by atoms with Crippen molar-refractivity contribution in [2.45, 2.75) is 39.3 Å². The summed E-state index contributed by atoms with van der Waals surface area (Å²) in [7, 11) is 0. The molecule has 2 unspecified atom stereocenters. The molecule has 0 radical (unpaired) electrons. The van der Waals surface area contributed by atoms with Gasteiger partial charge in [0.05, 0.1) is 6.10 Å². The zero-order chi connectivity index (χ0) is 11.3. The standard InChI is InChI=1S/C12H21NOS/c1-4-11(13)12(14-7-9(2)3)10-5-6-15-8-10/h5-6,8-9,11-12H,4,7,13H2,1-3H3. The minimum Gasteiger partial charge on any atom is -0.372 e. The summed E-state index contributed by atoms with van der Waals surface area (Å²) in [6.07, 6.45) is 1.00. The summed E-state index contributed by atoms with van der Waals surface area (Å²) in [4.78, 5) is 0. The third-order valence-electron chi connectivity index (χ3n) is 2.34. The number of hydrogen-bond donors (Lipinski definition) is 1. The predicted molar refractivity (Wildman–Crippen MR) is 66.1 cm³/mol. The van der Waals surface area contributed by atoms with Gasteiger partial charge in [-0.05, 0) is 34.7 Å². The minimum absolute atomic E-state index is 0.0589. The van der Waals surface area contributed by atoms with Gasteiger partial charge in [-0.15, -0.1) is 0 Å². The molecule has 1 rings (SSSR count). The molecule has 0 bridgehead atoms. The summed E-state index contributed by atoms with van der Waals surface area (Å²) in [6, 6.07) is 2.20. The van der Waals surface area contributed by atoms with Crippen molar-refractivity contribution in [1.29, 1.82) is 0 Å². The van der Waals surface area contributed by atoms with Crippen molar-refractivity contribution in [3.8, 4) is 0 Å². The lowest BCUT2D eigenvalue weighted by atomic mass is 10.0. The lowest BCUT2D eigenvalue weighted by Gasteiger charge is -2.23. The van der Waals surface area contributed by atoms with Gasteiger partial charge < -0.3 is 10.5 Å². The molecule has 1 heterocycles. The van der Waals surface area contributed by atoms with E-state index in [0.717, 1.165) is 13.0 Å². The molecule has 15 heavy (non-hydrogen) atoms. The highest BCUT2D eigenvalue weighted by Gasteiger charge is 2.19. The highest BCUT2D eigenvalue weighted by molar-refractivity contribution is 7.07. The Kier molecular flexibility index (Phi) is 5.29. The number of thiophene rings is 1. The molecule has 0 spiro atoms. The maximum absolute atomic E-state index is 6.07. The summed E-state index contributed by atoms with van der Waals surface area (Å²) >= 11 is 1.69. The average molecular weight is 227 g/mol. The fraction of sp³-hybridized carbons (Fsp3) is 0.667. The van der Waals surface area contributed by atoms with Crippen LogP contribution in [-0.2, 0) is 4.74 Å². The quantitative estimate of drug-likeness (QED) is 0.810. The largest absolute Gasteiger partial charge is 0.372 e. The van der Waals surface area contributed by atoms with E-state index in [4.69, 9.17) is 10.5 Å². The van der Waals surface area contributed by atoms with Gasteiger partial charge in [0.25, 0.3) is 0 Å². The van der Waals surface area contributed by atoms with Crippen molar-refractivity contribution >= 4 is 11.3 Å². The SMILES string of the molecule is CCC(N)C(OCC(C)C)c1ccsc1. The lowest BCUT2D eigenvalue weighted by Crippen LogP contribution is -2.30. The Morgan fingerprint density at radius 2 is 2.20 bits per heavy atom. The Balaban J connectivity index is 2.62. The first-order valence-corrected chi connectivity index (χ1v) is 6.48. The summed E-state index contributed by atoms with van der Waals surface area (Å²) in [5.41, 5.74) is 7.29.